The molecule has 0 saturated heterocycles. The van der Waals surface area contributed by atoms with Crippen LogP contribution in [0.2, 0.25) is 0 Å². The first-order valence-electron chi connectivity index (χ1n) is 9.06. The topological polar surface area (TPSA) is 65.7 Å². The van der Waals surface area contributed by atoms with Crippen molar-refractivity contribution in [2.24, 2.45) is 0 Å². The van der Waals surface area contributed by atoms with E-state index in [2.05, 4.69) is 0 Å². The average molecular weight is 376 g/mol. The third kappa shape index (κ3) is 3.20. The molecule has 1 aliphatic heterocycles. The maximum Gasteiger partial charge on any atom is 0.202 e. The monoisotopic (exact) mass is 376 g/mol. The Hall–Kier alpha value is -3.34. The lowest BCUT2D eigenvalue weighted by atomic mass is 10.1. The molecule has 0 spiro atoms. The Morgan fingerprint density at radius 3 is 2.57 bits per heavy atom. The predicted molar refractivity (Wildman–Crippen MR) is 107 cm³/mol. The molecule has 1 aromatic heterocycles. The molecule has 0 aliphatic carbocycles. The summed E-state index contributed by atoms with van der Waals surface area (Å²) in [6.07, 6.45) is 3.36. The van der Waals surface area contributed by atoms with E-state index in [-0.39, 0.29) is 11.2 Å². The van der Waals surface area contributed by atoms with Gasteiger partial charge in [-0.3, -0.25) is 9.59 Å². The normalized spacial score (nSPS) is 16.3. The third-order valence-corrected chi connectivity index (χ3v) is 4.80. The standard InChI is InChI=1S/C23H20O5/c1-14(19-13-21(24)23(2,3)28-19)10-11-26-15-8-9-17-20(12-15)27-18-7-5-4-6-16(18)22(17)25/h4-10,12-13H,11H2,1-3H3. The molecular formula is C23H20O5. The molecule has 0 saturated carbocycles. The number of para-hydroxylation sites is 1. The summed E-state index contributed by atoms with van der Waals surface area (Å²) < 4.78 is 17.3. The van der Waals surface area contributed by atoms with Crippen molar-refractivity contribution in [2.75, 3.05) is 6.61 Å². The summed E-state index contributed by atoms with van der Waals surface area (Å²) >= 11 is 0. The van der Waals surface area contributed by atoms with Crippen molar-refractivity contribution >= 4 is 27.7 Å². The Balaban J connectivity index is 1.54. The van der Waals surface area contributed by atoms with Crippen LogP contribution in [0.4, 0.5) is 0 Å². The molecule has 0 bridgehead atoms. The van der Waals surface area contributed by atoms with Crippen LogP contribution in [0, 0.1) is 0 Å². The van der Waals surface area contributed by atoms with E-state index in [1.54, 1.807) is 44.2 Å². The highest BCUT2D eigenvalue weighted by Gasteiger charge is 2.35. The van der Waals surface area contributed by atoms with Crippen LogP contribution in [0.25, 0.3) is 21.9 Å². The second-order valence-corrected chi connectivity index (χ2v) is 7.27. The smallest absolute Gasteiger partial charge is 0.202 e. The van der Waals surface area contributed by atoms with Crippen molar-refractivity contribution < 1.29 is 18.7 Å². The van der Waals surface area contributed by atoms with E-state index >= 15 is 0 Å². The van der Waals surface area contributed by atoms with Crippen molar-refractivity contribution in [1.29, 1.82) is 0 Å². The largest absolute Gasteiger partial charge is 0.489 e. The molecule has 0 fully saturated rings. The van der Waals surface area contributed by atoms with Crippen LogP contribution in [0.15, 0.2) is 75.2 Å². The molecule has 0 unspecified atom stereocenters. The van der Waals surface area contributed by atoms with Gasteiger partial charge in [0.15, 0.2) is 5.60 Å². The lowest BCUT2D eigenvalue weighted by Crippen LogP contribution is -2.27. The Morgan fingerprint density at radius 2 is 1.82 bits per heavy atom. The first kappa shape index (κ1) is 18.0. The van der Waals surface area contributed by atoms with E-state index in [1.807, 2.05) is 25.1 Å². The van der Waals surface area contributed by atoms with E-state index < -0.39 is 5.60 Å². The summed E-state index contributed by atoms with van der Waals surface area (Å²) in [5.41, 5.74) is 0.986. The highest BCUT2D eigenvalue weighted by Crippen LogP contribution is 2.28. The first-order chi connectivity index (χ1) is 13.3. The fourth-order valence-corrected chi connectivity index (χ4v) is 3.08. The van der Waals surface area contributed by atoms with Crippen LogP contribution in [0.1, 0.15) is 20.8 Å². The highest BCUT2D eigenvalue weighted by atomic mass is 16.5. The number of benzene rings is 2. The molecule has 28 heavy (non-hydrogen) atoms. The Kier molecular flexibility index (Phi) is 4.30. The Bertz CT molecular complexity index is 1210. The van der Waals surface area contributed by atoms with Crippen LogP contribution in [0.5, 0.6) is 5.75 Å². The summed E-state index contributed by atoms with van der Waals surface area (Å²) in [6, 6.07) is 12.3. The molecule has 142 valence electrons. The second-order valence-electron chi connectivity index (χ2n) is 7.27. The number of hydrogen-bond donors (Lipinski definition) is 0. The molecule has 5 heteroatoms. The fourth-order valence-electron chi connectivity index (χ4n) is 3.08. The molecule has 0 amide bonds. The van der Waals surface area contributed by atoms with Crippen LogP contribution in [-0.2, 0) is 9.53 Å². The van der Waals surface area contributed by atoms with Gasteiger partial charge in [0.25, 0.3) is 0 Å². The molecule has 2 heterocycles. The lowest BCUT2D eigenvalue weighted by Gasteiger charge is -2.18. The molecule has 2 aromatic carbocycles. The van der Waals surface area contributed by atoms with Crippen molar-refractivity contribution in [3.8, 4) is 5.75 Å². The van der Waals surface area contributed by atoms with Gasteiger partial charge in [0.2, 0.25) is 11.2 Å². The van der Waals surface area contributed by atoms with E-state index in [0.717, 1.165) is 5.57 Å². The summed E-state index contributed by atoms with van der Waals surface area (Å²) in [6.45, 7) is 5.66. The number of ether oxygens (including phenoxy) is 2. The molecule has 0 atom stereocenters. The van der Waals surface area contributed by atoms with Gasteiger partial charge in [-0.2, -0.15) is 0 Å². The van der Waals surface area contributed by atoms with E-state index in [0.29, 0.717) is 40.1 Å². The Morgan fingerprint density at radius 1 is 1.07 bits per heavy atom. The van der Waals surface area contributed by atoms with Crippen molar-refractivity contribution in [1.82, 2.24) is 0 Å². The minimum absolute atomic E-state index is 0.0482. The number of carbonyl (C=O) groups excluding carboxylic acids is 1. The molecule has 5 nitrogen and oxygen atoms in total. The summed E-state index contributed by atoms with van der Waals surface area (Å²) in [5, 5.41) is 1.08. The summed E-state index contributed by atoms with van der Waals surface area (Å²) in [5.74, 6) is 1.11. The van der Waals surface area contributed by atoms with Gasteiger partial charge in [-0.15, -0.1) is 0 Å². The second kappa shape index (κ2) is 6.68. The van der Waals surface area contributed by atoms with Crippen molar-refractivity contribution in [2.45, 2.75) is 26.4 Å². The molecule has 4 rings (SSSR count). The van der Waals surface area contributed by atoms with Gasteiger partial charge in [0, 0.05) is 12.1 Å². The third-order valence-electron chi connectivity index (χ3n) is 4.80. The molecule has 3 aromatic rings. The average Bonchev–Trinajstić information content (AvgIpc) is 2.95. The Labute approximate surface area is 161 Å². The van der Waals surface area contributed by atoms with Crippen molar-refractivity contribution in [3.05, 3.63) is 76.2 Å². The number of ketones is 1. The summed E-state index contributed by atoms with van der Waals surface area (Å²) in [4.78, 5) is 24.4. The zero-order chi connectivity index (χ0) is 19.9. The van der Waals surface area contributed by atoms with Gasteiger partial charge in [-0.25, -0.2) is 0 Å². The van der Waals surface area contributed by atoms with E-state index in [1.165, 1.54) is 6.08 Å². The fraction of sp³-hybridized carbons (Fsp3) is 0.217. The van der Waals surface area contributed by atoms with Crippen LogP contribution >= 0.6 is 0 Å². The lowest BCUT2D eigenvalue weighted by molar-refractivity contribution is -0.126. The highest BCUT2D eigenvalue weighted by molar-refractivity contribution is 5.99. The molecule has 1 aliphatic rings. The van der Waals surface area contributed by atoms with Gasteiger partial charge in [0.05, 0.1) is 10.8 Å². The van der Waals surface area contributed by atoms with Crippen LogP contribution < -0.4 is 10.2 Å². The number of carbonyl (C=O) groups is 1. The zero-order valence-electron chi connectivity index (χ0n) is 15.9. The van der Waals surface area contributed by atoms with Gasteiger partial charge in [-0.1, -0.05) is 12.1 Å². The molecular weight excluding hydrogens is 356 g/mol. The quantitative estimate of drug-likeness (QED) is 0.626. The van der Waals surface area contributed by atoms with Gasteiger partial charge >= 0.3 is 0 Å². The van der Waals surface area contributed by atoms with E-state index in [9.17, 15) is 9.59 Å². The minimum Gasteiger partial charge on any atom is -0.489 e. The first-order valence-corrected chi connectivity index (χ1v) is 9.06. The summed E-state index contributed by atoms with van der Waals surface area (Å²) in [7, 11) is 0. The van der Waals surface area contributed by atoms with E-state index in [4.69, 9.17) is 13.9 Å². The van der Waals surface area contributed by atoms with Gasteiger partial charge < -0.3 is 13.9 Å². The minimum atomic E-state index is -0.816. The SMILES string of the molecule is CC(=CCOc1ccc2c(=O)c3ccccc3oc2c1)C1=CC(=O)C(C)(C)O1. The number of rotatable bonds is 4. The van der Waals surface area contributed by atoms with Crippen molar-refractivity contribution in [3.63, 3.8) is 0 Å². The molecule has 0 N–H and O–H groups in total. The number of hydrogen-bond acceptors (Lipinski definition) is 5. The number of allylic oxidation sites excluding steroid dienone is 1. The number of fused-ring (bicyclic) bond motifs is 2. The predicted octanol–water partition coefficient (Wildman–Crippen LogP) is 4.53. The van der Waals surface area contributed by atoms with Gasteiger partial charge in [0.1, 0.15) is 29.3 Å². The maximum atomic E-state index is 12.6. The maximum absolute atomic E-state index is 12.6. The zero-order valence-corrected chi connectivity index (χ0v) is 15.9. The van der Waals surface area contributed by atoms with Gasteiger partial charge in [-0.05, 0) is 56.7 Å². The van der Waals surface area contributed by atoms with Crippen LogP contribution in [-0.4, -0.2) is 18.0 Å². The molecule has 0 radical (unpaired) electrons. The van der Waals surface area contributed by atoms with Crippen LogP contribution in [0.3, 0.4) is 0 Å².